The van der Waals surface area contributed by atoms with Crippen LogP contribution in [-0.2, 0) is 17.6 Å². The van der Waals surface area contributed by atoms with Crippen molar-refractivity contribution in [2.45, 2.75) is 100 Å². The van der Waals surface area contributed by atoms with Gasteiger partial charge in [-0.25, -0.2) is 0 Å². The number of carbonyl (C=O) groups excluding carboxylic acids is 2. The Morgan fingerprint density at radius 2 is 1.68 bits per heavy atom. The molecule has 0 saturated heterocycles. The normalized spacial score (nSPS) is 14.8. The van der Waals surface area contributed by atoms with Crippen LogP contribution in [0.3, 0.4) is 0 Å². The third kappa shape index (κ3) is 9.15. The van der Waals surface area contributed by atoms with Crippen molar-refractivity contribution in [3.8, 4) is 0 Å². The first-order chi connectivity index (χ1) is 18.1. The van der Waals surface area contributed by atoms with Gasteiger partial charge in [-0.05, 0) is 82.2 Å². The summed E-state index contributed by atoms with van der Waals surface area (Å²) in [6.45, 7) is 21.4. The number of aromatic nitrogens is 1. The second-order valence-corrected chi connectivity index (χ2v) is 11.4. The molecule has 1 unspecified atom stereocenters. The summed E-state index contributed by atoms with van der Waals surface area (Å²) in [5, 5.41) is 2.05. The number of allylic oxidation sites excluding steroid dienone is 2. The van der Waals surface area contributed by atoms with Gasteiger partial charge in [0.25, 0.3) is 0 Å². The Morgan fingerprint density at radius 1 is 1.03 bits per heavy atom. The lowest BCUT2D eigenvalue weighted by Gasteiger charge is -2.31. The zero-order valence-electron chi connectivity index (χ0n) is 26.0. The minimum Gasteiger partial charge on any atom is -0.343 e. The van der Waals surface area contributed by atoms with E-state index >= 15 is 0 Å². The highest BCUT2D eigenvalue weighted by atomic mass is 32.2. The van der Waals surface area contributed by atoms with Crippen LogP contribution >= 0.6 is 11.8 Å². The molecule has 0 aromatic carbocycles. The van der Waals surface area contributed by atoms with Crippen molar-refractivity contribution in [3.63, 3.8) is 0 Å². The monoisotopic (exact) mass is 545 g/mol. The lowest BCUT2D eigenvalue weighted by molar-refractivity contribution is -0.136. The largest absolute Gasteiger partial charge is 0.343 e. The van der Waals surface area contributed by atoms with Crippen molar-refractivity contribution in [1.29, 1.82) is 0 Å². The van der Waals surface area contributed by atoms with E-state index in [1.165, 1.54) is 16.7 Å². The number of thioether (sulfide) groups is 1. The number of carbonyl (C=O) groups is 2. The summed E-state index contributed by atoms with van der Waals surface area (Å²) in [7, 11) is 2.14. The number of aryl methyl sites for hydroxylation is 1. The summed E-state index contributed by atoms with van der Waals surface area (Å²) in [6.07, 6.45) is 10.8. The van der Waals surface area contributed by atoms with Crippen LogP contribution in [0.1, 0.15) is 103 Å². The molecule has 1 heterocycles. The molecule has 0 bridgehead atoms. The van der Waals surface area contributed by atoms with E-state index in [1.807, 2.05) is 27.9 Å². The van der Waals surface area contributed by atoms with Crippen LogP contribution in [0.5, 0.6) is 0 Å². The zero-order chi connectivity index (χ0) is 28.8. The lowest BCUT2D eigenvalue weighted by Crippen LogP contribution is -2.42. The predicted molar refractivity (Wildman–Crippen MR) is 167 cm³/mol. The average molecular weight is 546 g/mol. The van der Waals surface area contributed by atoms with Crippen LogP contribution in [0.4, 0.5) is 0 Å². The second kappa shape index (κ2) is 17.7. The molecule has 6 heteroatoms. The molecule has 1 amide bonds. The molecule has 0 saturated carbocycles. The SMILES string of the molecule is CC/C=C(/C[C@@H](C)N(C)C[C@@H](CC)C(=O)N(CC)CC)c1c(CC)cn(C(=O)C(C)/C=C\SCC)c1CC. The van der Waals surface area contributed by atoms with Gasteiger partial charge in [0, 0.05) is 43.1 Å². The molecule has 0 fully saturated rings. The van der Waals surface area contributed by atoms with E-state index in [2.05, 4.69) is 79.6 Å². The molecule has 0 aliphatic rings. The van der Waals surface area contributed by atoms with Gasteiger partial charge in [0.1, 0.15) is 0 Å². The molecule has 0 spiro atoms. The molecule has 38 heavy (non-hydrogen) atoms. The number of hydrogen-bond donors (Lipinski definition) is 0. The van der Waals surface area contributed by atoms with Gasteiger partial charge in [-0.1, -0.05) is 53.7 Å². The van der Waals surface area contributed by atoms with Crippen molar-refractivity contribution in [2.75, 3.05) is 32.4 Å². The number of rotatable bonds is 17. The maximum atomic E-state index is 13.5. The average Bonchev–Trinajstić information content (AvgIpc) is 3.29. The molecule has 0 aliphatic heterocycles. The predicted octanol–water partition coefficient (Wildman–Crippen LogP) is 7.55. The minimum absolute atomic E-state index is 0.0116. The summed E-state index contributed by atoms with van der Waals surface area (Å²) in [6, 6.07) is 0.271. The second-order valence-electron chi connectivity index (χ2n) is 10.2. The highest BCUT2D eigenvalue weighted by molar-refractivity contribution is 8.02. The van der Waals surface area contributed by atoms with Crippen molar-refractivity contribution < 1.29 is 9.59 Å². The molecule has 5 nitrogen and oxygen atoms in total. The van der Waals surface area contributed by atoms with Crippen molar-refractivity contribution >= 4 is 29.1 Å². The molecule has 1 rings (SSSR count). The van der Waals surface area contributed by atoms with Crippen LogP contribution in [0, 0.1) is 11.8 Å². The van der Waals surface area contributed by atoms with Crippen LogP contribution in [0.25, 0.3) is 5.57 Å². The van der Waals surface area contributed by atoms with E-state index in [4.69, 9.17) is 0 Å². The molecular formula is C32H55N3O2S. The molecule has 0 aliphatic carbocycles. The van der Waals surface area contributed by atoms with Crippen molar-refractivity contribution in [1.82, 2.24) is 14.4 Å². The summed E-state index contributed by atoms with van der Waals surface area (Å²) in [5.41, 5.74) is 4.94. The number of nitrogens with zero attached hydrogens (tertiary/aromatic N) is 3. The van der Waals surface area contributed by atoms with E-state index < -0.39 is 0 Å². The van der Waals surface area contributed by atoms with Crippen LogP contribution in [0.2, 0.25) is 0 Å². The van der Waals surface area contributed by atoms with Crippen LogP contribution in [0.15, 0.2) is 23.8 Å². The van der Waals surface area contributed by atoms with Gasteiger partial charge in [-0.15, -0.1) is 11.8 Å². The van der Waals surface area contributed by atoms with Gasteiger partial charge in [0.2, 0.25) is 11.8 Å². The van der Waals surface area contributed by atoms with Gasteiger partial charge in [0.15, 0.2) is 0 Å². The van der Waals surface area contributed by atoms with Crippen molar-refractivity contribution in [3.05, 3.63) is 40.6 Å². The van der Waals surface area contributed by atoms with E-state index in [1.54, 1.807) is 11.8 Å². The minimum atomic E-state index is -0.165. The highest BCUT2D eigenvalue weighted by Crippen LogP contribution is 2.32. The number of hydrogen-bond acceptors (Lipinski definition) is 4. The maximum Gasteiger partial charge on any atom is 0.237 e. The standard InChI is InChI=1S/C32H55N3O2S/c1-11-18-28(21-25(9)33(10)22-27(13-3)32(37)34(15-5)16-6)30-26(12-2)23-35(29(30)14-4)31(36)24(8)19-20-38-17-7/h18-20,23-25,27H,11-17,21-22H2,1-10H3/b20-19-,28-18-/t24?,25-,27-/m1/s1. The number of amides is 1. The Bertz CT molecular complexity index is 929. The Morgan fingerprint density at radius 3 is 2.18 bits per heavy atom. The van der Waals surface area contributed by atoms with E-state index in [0.29, 0.717) is 0 Å². The van der Waals surface area contributed by atoms with Gasteiger partial charge in [0.05, 0.1) is 11.8 Å². The van der Waals surface area contributed by atoms with E-state index in [-0.39, 0.29) is 29.7 Å². The highest BCUT2D eigenvalue weighted by Gasteiger charge is 2.27. The molecule has 3 atom stereocenters. The first-order valence-electron chi connectivity index (χ1n) is 14.9. The topological polar surface area (TPSA) is 45.6 Å². The fourth-order valence-electron chi connectivity index (χ4n) is 5.09. The summed E-state index contributed by atoms with van der Waals surface area (Å²) >= 11 is 1.72. The maximum absolute atomic E-state index is 13.5. The Balaban J connectivity index is 3.28. The Hall–Kier alpha value is -1.79. The van der Waals surface area contributed by atoms with E-state index in [9.17, 15) is 9.59 Å². The fraction of sp³-hybridized carbons (Fsp3) is 0.688. The Kier molecular flexibility index (Phi) is 16.0. The van der Waals surface area contributed by atoms with Gasteiger partial charge >= 0.3 is 0 Å². The van der Waals surface area contributed by atoms with Gasteiger partial charge < -0.3 is 9.80 Å². The van der Waals surface area contributed by atoms with Gasteiger partial charge in [-0.2, -0.15) is 0 Å². The smallest absolute Gasteiger partial charge is 0.237 e. The third-order valence-electron chi connectivity index (χ3n) is 7.62. The summed E-state index contributed by atoms with van der Waals surface area (Å²) in [5.74, 6) is 1.25. The molecule has 0 radical (unpaired) electrons. The first-order valence-corrected chi connectivity index (χ1v) is 15.9. The first kappa shape index (κ1) is 34.2. The molecule has 216 valence electrons. The van der Waals surface area contributed by atoms with Crippen LogP contribution in [-0.4, -0.2) is 64.7 Å². The molecule has 1 aromatic rings. The quantitative estimate of drug-likeness (QED) is 0.203. The summed E-state index contributed by atoms with van der Waals surface area (Å²) < 4.78 is 1.92. The zero-order valence-corrected chi connectivity index (χ0v) is 26.8. The summed E-state index contributed by atoms with van der Waals surface area (Å²) in [4.78, 5) is 30.8. The van der Waals surface area contributed by atoms with Crippen LogP contribution < -0.4 is 0 Å². The Labute approximate surface area is 238 Å². The molecule has 0 N–H and O–H groups in total. The fourth-order valence-corrected chi connectivity index (χ4v) is 5.63. The van der Waals surface area contributed by atoms with Gasteiger partial charge in [-0.3, -0.25) is 14.2 Å². The third-order valence-corrected chi connectivity index (χ3v) is 8.31. The lowest BCUT2D eigenvalue weighted by atomic mass is 9.92. The molecule has 1 aromatic heterocycles. The van der Waals surface area contributed by atoms with Crippen molar-refractivity contribution in [2.24, 2.45) is 11.8 Å². The van der Waals surface area contributed by atoms with E-state index in [0.717, 1.165) is 63.2 Å². The molecular weight excluding hydrogens is 490 g/mol.